The first-order valence-electron chi connectivity index (χ1n) is 5.96. The van der Waals surface area contributed by atoms with Crippen molar-refractivity contribution >= 4 is 17.2 Å². The van der Waals surface area contributed by atoms with Crippen LogP contribution < -0.4 is 11.1 Å². The Kier molecular flexibility index (Phi) is 5.08. The number of amides is 1. The first kappa shape index (κ1) is 14.1. The molecule has 1 aromatic rings. The summed E-state index contributed by atoms with van der Waals surface area (Å²) in [4.78, 5) is 17.4. The van der Waals surface area contributed by atoms with Crippen LogP contribution in [0.2, 0.25) is 0 Å². The standard InChI is InChI=1S/C12H21N3OS/c1-5-10-6-14-12(17-10)9(4)15-11(16)7(2)8(3)13/h6-9H,5,13H2,1-4H3,(H,15,16). The lowest BCUT2D eigenvalue weighted by Crippen LogP contribution is -2.39. The van der Waals surface area contributed by atoms with Gasteiger partial charge >= 0.3 is 0 Å². The lowest BCUT2D eigenvalue weighted by Gasteiger charge is -2.18. The first-order chi connectivity index (χ1) is 7.95. The highest BCUT2D eigenvalue weighted by Crippen LogP contribution is 2.20. The Balaban J connectivity index is 2.59. The topological polar surface area (TPSA) is 68.0 Å². The Labute approximate surface area is 107 Å². The zero-order chi connectivity index (χ0) is 13.0. The highest BCUT2D eigenvalue weighted by atomic mass is 32.1. The molecular formula is C12H21N3OS. The van der Waals surface area contributed by atoms with E-state index < -0.39 is 0 Å². The summed E-state index contributed by atoms with van der Waals surface area (Å²) in [5.41, 5.74) is 5.70. The number of nitrogens with two attached hydrogens (primary N) is 1. The number of carbonyl (C=O) groups excluding carboxylic acids is 1. The number of aryl methyl sites for hydroxylation is 1. The second kappa shape index (κ2) is 6.12. The highest BCUT2D eigenvalue weighted by molar-refractivity contribution is 7.11. The summed E-state index contributed by atoms with van der Waals surface area (Å²) in [6, 6.07) is -0.182. The molecule has 0 saturated heterocycles. The van der Waals surface area contributed by atoms with Crippen molar-refractivity contribution < 1.29 is 4.79 Å². The third-order valence-electron chi connectivity index (χ3n) is 2.85. The molecule has 0 aromatic carbocycles. The zero-order valence-electron chi connectivity index (χ0n) is 10.9. The lowest BCUT2D eigenvalue weighted by molar-refractivity contribution is -0.125. The van der Waals surface area contributed by atoms with Crippen LogP contribution in [-0.2, 0) is 11.2 Å². The van der Waals surface area contributed by atoms with Crippen molar-refractivity contribution in [1.29, 1.82) is 0 Å². The van der Waals surface area contributed by atoms with Gasteiger partial charge in [-0.25, -0.2) is 4.98 Å². The van der Waals surface area contributed by atoms with Gasteiger partial charge in [-0.2, -0.15) is 0 Å². The van der Waals surface area contributed by atoms with Crippen molar-refractivity contribution in [3.05, 3.63) is 16.1 Å². The summed E-state index contributed by atoms with van der Waals surface area (Å²) in [6.45, 7) is 7.72. The van der Waals surface area contributed by atoms with E-state index in [4.69, 9.17) is 5.73 Å². The normalized spacial score (nSPS) is 16.3. The minimum absolute atomic E-state index is 0.0132. The minimum Gasteiger partial charge on any atom is -0.347 e. The predicted octanol–water partition coefficient (Wildman–Crippen LogP) is 1.87. The van der Waals surface area contributed by atoms with Gasteiger partial charge in [-0.1, -0.05) is 13.8 Å². The molecule has 1 aromatic heterocycles. The van der Waals surface area contributed by atoms with Gasteiger partial charge in [-0.3, -0.25) is 4.79 Å². The van der Waals surface area contributed by atoms with Gasteiger partial charge in [-0.15, -0.1) is 11.3 Å². The number of nitrogens with one attached hydrogen (secondary N) is 1. The number of thiazole rings is 1. The monoisotopic (exact) mass is 255 g/mol. The van der Waals surface area contributed by atoms with Crippen LogP contribution in [0, 0.1) is 5.92 Å². The third-order valence-corrected chi connectivity index (χ3v) is 4.18. The van der Waals surface area contributed by atoms with Crippen LogP contribution in [-0.4, -0.2) is 16.9 Å². The largest absolute Gasteiger partial charge is 0.347 e. The van der Waals surface area contributed by atoms with Gasteiger partial charge in [0.1, 0.15) is 5.01 Å². The summed E-state index contributed by atoms with van der Waals surface area (Å²) in [6.07, 6.45) is 2.85. The van der Waals surface area contributed by atoms with Crippen LogP contribution in [0.3, 0.4) is 0 Å². The van der Waals surface area contributed by atoms with E-state index in [1.54, 1.807) is 11.3 Å². The van der Waals surface area contributed by atoms with E-state index in [2.05, 4.69) is 17.2 Å². The summed E-state index contributed by atoms with van der Waals surface area (Å²) in [7, 11) is 0. The van der Waals surface area contributed by atoms with Crippen molar-refractivity contribution in [1.82, 2.24) is 10.3 Å². The molecular weight excluding hydrogens is 234 g/mol. The summed E-state index contributed by atoms with van der Waals surface area (Å²) in [5, 5.41) is 3.89. The summed E-state index contributed by atoms with van der Waals surface area (Å²) >= 11 is 1.65. The van der Waals surface area contributed by atoms with Gasteiger partial charge in [0.2, 0.25) is 5.91 Å². The Morgan fingerprint density at radius 1 is 1.53 bits per heavy atom. The maximum absolute atomic E-state index is 11.8. The molecule has 0 radical (unpaired) electrons. The van der Waals surface area contributed by atoms with Crippen molar-refractivity contribution in [3.8, 4) is 0 Å². The van der Waals surface area contributed by atoms with Crippen molar-refractivity contribution in [2.75, 3.05) is 0 Å². The number of hydrogen-bond donors (Lipinski definition) is 2. The molecule has 3 unspecified atom stereocenters. The van der Waals surface area contributed by atoms with Crippen LogP contribution in [0.1, 0.15) is 43.6 Å². The molecule has 1 heterocycles. The number of hydrogen-bond acceptors (Lipinski definition) is 4. The summed E-state index contributed by atoms with van der Waals surface area (Å²) in [5.74, 6) is -0.191. The molecule has 1 amide bonds. The van der Waals surface area contributed by atoms with Crippen LogP contribution in [0.5, 0.6) is 0 Å². The molecule has 17 heavy (non-hydrogen) atoms. The molecule has 0 fully saturated rings. The van der Waals surface area contributed by atoms with E-state index in [1.165, 1.54) is 4.88 Å². The fourth-order valence-electron chi connectivity index (χ4n) is 1.33. The Morgan fingerprint density at radius 2 is 2.18 bits per heavy atom. The van der Waals surface area contributed by atoms with Crippen LogP contribution in [0.25, 0.3) is 0 Å². The molecule has 5 heteroatoms. The van der Waals surface area contributed by atoms with Gasteiger partial charge in [0.15, 0.2) is 0 Å². The average molecular weight is 255 g/mol. The van der Waals surface area contributed by atoms with E-state index in [0.29, 0.717) is 0 Å². The Bertz CT molecular complexity index is 376. The van der Waals surface area contributed by atoms with E-state index >= 15 is 0 Å². The van der Waals surface area contributed by atoms with Gasteiger partial charge < -0.3 is 11.1 Å². The maximum Gasteiger partial charge on any atom is 0.224 e. The quantitative estimate of drug-likeness (QED) is 0.844. The molecule has 4 nitrogen and oxygen atoms in total. The molecule has 3 N–H and O–H groups in total. The number of carbonyl (C=O) groups is 1. The fraction of sp³-hybridized carbons (Fsp3) is 0.667. The zero-order valence-corrected chi connectivity index (χ0v) is 11.7. The average Bonchev–Trinajstić information content (AvgIpc) is 2.76. The predicted molar refractivity (Wildman–Crippen MR) is 70.9 cm³/mol. The SMILES string of the molecule is CCc1cnc(C(C)NC(=O)C(C)C(C)N)s1. The molecule has 0 aliphatic carbocycles. The lowest BCUT2D eigenvalue weighted by atomic mass is 10.0. The van der Waals surface area contributed by atoms with Crippen molar-refractivity contribution in [3.63, 3.8) is 0 Å². The van der Waals surface area contributed by atoms with E-state index in [-0.39, 0.29) is 23.9 Å². The molecule has 0 saturated carbocycles. The molecule has 3 atom stereocenters. The molecule has 0 aliphatic rings. The second-order valence-corrected chi connectivity index (χ2v) is 5.54. The van der Waals surface area contributed by atoms with Crippen LogP contribution in [0.4, 0.5) is 0 Å². The van der Waals surface area contributed by atoms with Gasteiger partial charge in [-0.05, 0) is 20.3 Å². The van der Waals surface area contributed by atoms with Crippen LogP contribution >= 0.6 is 11.3 Å². The van der Waals surface area contributed by atoms with Crippen LogP contribution in [0.15, 0.2) is 6.20 Å². The number of rotatable bonds is 5. The molecule has 0 aliphatic heterocycles. The van der Waals surface area contributed by atoms with Gasteiger partial charge in [0.25, 0.3) is 0 Å². The van der Waals surface area contributed by atoms with E-state index in [1.807, 2.05) is 27.0 Å². The van der Waals surface area contributed by atoms with Crippen molar-refractivity contribution in [2.45, 2.75) is 46.2 Å². The third kappa shape index (κ3) is 3.78. The molecule has 96 valence electrons. The Morgan fingerprint density at radius 3 is 2.65 bits per heavy atom. The first-order valence-corrected chi connectivity index (χ1v) is 6.77. The molecule has 1 rings (SSSR count). The smallest absolute Gasteiger partial charge is 0.224 e. The van der Waals surface area contributed by atoms with E-state index in [9.17, 15) is 4.79 Å². The summed E-state index contributed by atoms with van der Waals surface area (Å²) < 4.78 is 0. The highest BCUT2D eigenvalue weighted by Gasteiger charge is 2.20. The van der Waals surface area contributed by atoms with Gasteiger partial charge in [0, 0.05) is 23.0 Å². The minimum atomic E-state index is -0.178. The number of aromatic nitrogens is 1. The van der Waals surface area contributed by atoms with Gasteiger partial charge in [0.05, 0.1) is 6.04 Å². The maximum atomic E-state index is 11.8. The number of nitrogens with zero attached hydrogens (tertiary/aromatic N) is 1. The fourth-order valence-corrected chi connectivity index (χ4v) is 2.19. The molecule has 0 bridgehead atoms. The van der Waals surface area contributed by atoms with Crippen molar-refractivity contribution in [2.24, 2.45) is 11.7 Å². The second-order valence-electron chi connectivity index (χ2n) is 4.40. The Hall–Kier alpha value is -0.940. The van der Waals surface area contributed by atoms with E-state index in [0.717, 1.165) is 11.4 Å². The molecule has 0 spiro atoms.